The zero-order valence-electron chi connectivity index (χ0n) is 9.03. The third kappa shape index (κ3) is 1.44. The summed E-state index contributed by atoms with van der Waals surface area (Å²) in [4.78, 5) is 14.2. The Balaban J connectivity index is 2.01. The minimum absolute atomic E-state index is 0.154. The van der Waals surface area contributed by atoms with Crippen molar-refractivity contribution in [1.29, 1.82) is 0 Å². The number of hydrogen-bond acceptors (Lipinski definition) is 2. The van der Waals surface area contributed by atoms with Crippen LogP contribution in [-0.4, -0.2) is 28.8 Å². The number of ketones is 1. The minimum Gasteiger partial charge on any atom is -0.293 e. The van der Waals surface area contributed by atoms with Crippen LogP contribution in [0.4, 0.5) is 0 Å². The molecule has 2 heteroatoms. The van der Waals surface area contributed by atoms with Crippen LogP contribution in [0.3, 0.4) is 0 Å². The smallest absolute Gasteiger partial charge is 0.177 e. The van der Waals surface area contributed by atoms with E-state index in [1.165, 1.54) is 0 Å². The lowest BCUT2D eigenvalue weighted by atomic mass is 10.1. The van der Waals surface area contributed by atoms with Crippen LogP contribution in [0.25, 0.3) is 0 Å². The van der Waals surface area contributed by atoms with E-state index in [1.807, 2.05) is 18.2 Å². The minimum atomic E-state index is 0.154. The summed E-state index contributed by atoms with van der Waals surface area (Å²) in [7, 11) is 0. The van der Waals surface area contributed by atoms with E-state index in [0.717, 1.165) is 12.0 Å². The molecule has 0 saturated carbocycles. The lowest BCUT2D eigenvalue weighted by molar-refractivity contribution is -0.116. The second kappa shape index (κ2) is 3.35. The summed E-state index contributed by atoms with van der Waals surface area (Å²) in [6, 6.07) is 1.07. The lowest BCUT2D eigenvalue weighted by Crippen LogP contribution is -2.19. The molecule has 0 amide bonds. The van der Waals surface area contributed by atoms with Crippen molar-refractivity contribution in [3.8, 4) is 0 Å². The molecule has 0 N–H and O–H groups in total. The third-order valence-electron chi connectivity index (χ3n) is 3.11. The molecule has 1 aliphatic heterocycles. The van der Waals surface area contributed by atoms with Crippen LogP contribution in [-0.2, 0) is 4.79 Å². The van der Waals surface area contributed by atoms with Crippen molar-refractivity contribution in [2.45, 2.75) is 45.3 Å². The Labute approximate surface area is 85.3 Å². The SMILES string of the molecule is CC(C)N1[C@H](C(=O)C2=CC=CC2)[C@@H]1C. The van der Waals surface area contributed by atoms with Crippen LogP contribution in [0, 0.1) is 0 Å². The van der Waals surface area contributed by atoms with Gasteiger partial charge in [0.1, 0.15) is 0 Å². The summed E-state index contributed by atoms with van der Waals surface area (Å²) in [5, 5.41) is 0. The van der Waals surface area contributed by atoms with Gasteiger partial charge in [0, 0.05) is 17.7 Å². The first-order valence-corrected chi connectivity index (χ1v) is 5.30. The Bertz CT molecular complexity index is 314. The highest BCUT2D eigenvalue weighted by atomic mass is 16.1. The summed E-state index contributed by atoms with van der Waals surface area (Å²) in [6.45, 7) is 6.42. The zero-order chi connectivity index (χ0) is 10.3. The summed E-state index contributed by atoms with van der Waals surface area (Å²) >= 11 is 0. The predicted octanol–water partition coefficient (Wildman–Crippen LogP) is 1.92. The maximum atomic E-state index is 12.0. The molecule has 0 radical (unpaired) electrons. The quantitative estimate of drug-likeness (QED) is 0.635. The van der Waals surface area contributed by atoms with Crippen molar-refractivity contribution < 1.29 is 4.79 Å². The Morgan fingerprint density at radius 3 is 2.71 bits per heavy atom. The van der Waals surface area contributed by atoms with Gasteiger partial charge in [0.2, 0.25) is 0 Å². The molecular weight excluding hydrogens is 174 g/mol. The fourth-order valence-corrected chi connectivity index (χ4v) is 2.34. The number of carbonyl (C=O) groups is 1. The van der Waals surface area contributed by atoms with Gasteiger partial charge in [-0.2, -0.15) is 0 Å². The highest BCUT2D eigenvalue weighted by Gasteiger charge is 2.50. The molecule has 2 rings (SSSR count). The van der Waals surface area contributed by atoms with Gasteiger partial charge >= 0.3 is 0 Å². The van der Waals surface area contributed by atoms with Crippen molar-refractivity contribution >= 4 is 5.78 Å². The molecule has 1 fully saturated rings. The van der Waals surface area contributed by atoms with Gasteiger partial charge in [-0.15, -0.1) is 0 Å². The highest BCUT2D eigenvalue weighted by molar-refractivity contribution is 6.02. The average molecular weight is 191 g/mol. The summed E-state index contributed by atoms with van der Waals surface area (Å²) in [5.74, 6) is 0.330. The standard InChI is InChI=1S/C12H17NO/c1-8(2)13-9(3)11(13)12(14)10-6-4-5-7-10/h4-6,8-9,11H,7H2,1-3H3/t9-,11-,13?/m0/s1. The van der Waals surface area contributed by atoms with Gasteiger partial charge in [-0.05, 0) is 27.2 Å². The van der Waals surface area contributed by atoms with Gasteiger partial charge in [0.05, 0.1) is 6.04 Å². The topological polar surface area (TPSA) is 20.1 Å². The van der Waals surface area contributed by atoms with Gasteiger partial charge in [-0.3, -0.25) is 9.69 Å². The molecule has 1 saturated heterocycles. The van der Waals surface area contributed by atoms with Crippen LogP contribution in [0.1, 0.15) is 27.2 Å². The molecule has 0 bridgehead atoms. The molecule has 0 spiro atoms. The van der Waals surface area contributed by atoms with Gasteiger partial charge in [0.25, 0.3) is 0 Å². The summed E-state index contributed by atoms with van der Waals surface area (Å²) in [5.41, 5.74) is 0.977. The largest absolute Gasteiger partial charge is 0.293 e. The van der Waals surface area contributed by atoms with E-state index in [0.29, 0.717) is 17.9 Å². The fraction of sp³-hybridized carbons (Fsp3) is 0.583. The number of Topliss-reactive ketones (excluding diaryl/α,β-unsaturated/α-hetero) is 1. The van der Waals surface area contributed by atoms with Crippen LogP contribution < -0.4 is 0 Å². The number of carbonyl (C=O) groups excluding carboxylic acids is 1. The van der Waals surface area contributed by atoms with Crippen LogP contribution in [0.2, 0.25) is 0 Å². The van der Waals surface area contributed by atoms with Gasteiger partial charge in [-0.1, -0.05) is 18.2 Å². The maximum Gasteiger partial charge on any atom is 0.177 e. The van der Waals surface area contributed by atoms with E-state index in [-0.39, 0.29) is 6.04 Å². The Kier molecular flexibility index (Phi) is 2.31. The molecule has 2 aliphatic rings. The average Bonchev–Trinajstić information content (AvgIpc) is 2.64. The predicted molar refractivity (Wildman–Crippen MR) is 57.1 cm³/mol. The van der Waals surface area contributed by atoms with Crippen LogP contribution in [0.15, 0.2) is 23.8 Å². The fourth-order valence-electron chi connectivity index (χ4n) is 2.34. The number of allylic oxidation sites excluding steroid dienone is 3. The number of nitrogens with zero attached hydrogens (tertiary/aromatic N) is 1. The van der Waals surface area contributed by atoms with Crippen molar-refractivity contribution in [3.63, 3.8) is 0 Å². The Hall–Kier alpha value is -0.890. The lowest BCUT2D eigenvalue weighted by Gasteiger charge is -2.06. The molecule has 14 heavy (non-hydrogen) atoms. The molecule has 1 aliphatic carbocycles. The van der Waals surface area contributed by atoms with E-state index >= 15 is 0 Å². The van der Waals surface area contributed by atoms with Crippen LogP contribution in [0.5, 0.6) is 0 Å². The molecule has 1 heterocycles. The normalized spacial score (nSPS) is 34.9. The summed E-state index contributed by atoms with van der Waals surface area (Å²) in [6.07, 6.45) is 6.79. The second-order valence-corrected chi connectivity index (χ2v) is 4.41. The highest BCUT2D eigenvalue weighted by Crippen LogP contribution is 2.34. The van der Waals surface area contributed by atoms with Crippen molar-refractivity contribution in [3.05, 3.63) is 23.8 Å². The zero-order valence-corrected chi connectivity index (χ0v) is 9.03. The van der Waals surface area contributed by atoms with E-state index in [2.05, 4.69) is 25.7 Å². The molecule has 2 nitrogen and oxygen atoms in total. The van der Waals surface area contributed by atoms with E-state index in [4.69, 9.17) is 0 Å². The van der Waals surface area contributed by atoms with Gasteiger partial charge < -0.3 is 0 Å². The molecule has 76 valence electrons. The van der Waals surface area contributed by atoms with E-state index in [9.17, 15) is 4.79 Å². The molecule has 1 unspecified atom stereocenters. The van der Waals surface area contributed by atoms with Gasteiger partial charge in [-0.25, -0.2) is 0 Å². The monoisotopic (exact) mass is 191 g/mol. The van der Waals surface area contributed by atoms with Gasteiger partial charge in [0.15, 0.2) is 5.78 Å². The molecule has 0 aromatic heterocycles. The number of rotatable bonds is 3. The van der Waals surface area contributed by atoms with Crippen molar-refractivity contribution in [2.24, 2.45) is 0 Å². The summed E-state index contributed by atoms with van der Waals surface area (Å²) < 4.78 is 0. The first kappa shape index (κ1) is 9.66. The van der Waals surface area contributed by atoms with Crippen LogP contribution >= 0.6 is 0 Å². The third-order valence-corrected chi connectivity index (χ3v) is 3.11. The maximum absolute atomic E-state index is 12.0. The van der Waals surface area contributed by atoms with Crippen molar-refractivity contribution in [2.75, 3.05) is 0 Å². The molecule has 0 aromatic rings. The molecular formula is C12H17NO. The Morgan fingerprint density at radius 2 is 2.29 bits per heavy atom. The number of hydrogen-bond donors (Lipinski definition) is 0. The second-order valence-electron chi connectivity index (χ2n) is 4.41. The Morgan fingerprint density at radius 1 is 1.57 bits per heavy atom. The van der Waals surface area contributed by atoms with E-state index < -0.39 is 0 Å². The first-order chi connectivity index (χ1) is 6.63. The first-order valence-electron chi connectivity index (χ1n) is 5.30. The molecule has 3 atom stereocenters. The van der Waals surface area contributed by atoms with E-state index in [1.54, 1.807) is 0 Å². The van der Waals surface area contributed by atoms with Crippen molar-refractivity contribution in [1.82, 2.24) is 4.90 Å². The molecule has 0 aromatic carbocycles.